The van der Waals surface area contributed by atoms with Gasteiger partial charge in [0.2, 0.25) is 0 Å². The van der Waals surface area contributed by atoms with Crippen LogP contribution in [0.3, 0.4) is 0 Å². The summed E-state index contributed by atoms with van der Waals surface area (Å²) in [5.74, 6) is 0. The van der Waals surface area contributed by atoms with E-state index in [1.165, 1.54) is 6.42 Å². The maximum atomic E-state index is 12.4. The molecular formula is C19H28N2O3. The van der Waals surface area contributed by atoms with E-state index in [0.29, 0.717) is 19.3 Å². The zero-order valence-electron chi connectivity index (χ0n) is 14.6. The van der Waals surface area contributed by atoms with Gasteiger partial charge in [-0.2, -0.15) is 0 Å². The van der Waals surface area contributed by atoms with Crippen LogP contribution in [0, 0.1) is 5.41 Å². The standard InChI is InChI=1S/C19H28N2O3/c1-3-23-13-14-8-5-6-9-15(14)20-18(22)21-16-12-17(24-4-2)19(16)10-7-11-19/h5-6,8-9,16-17H,3-4,7,10-13H2,1-2H3,(H2,20,21,22)/t16-,17-/m1/s1. The van der Waals surface area contributed by atoms with E-state index in [1.54, 1.807) is 0 Å². The van der Waals surface area contributed by atoms with Crippen molar-refractivity contribution in [1.82, 2.24) is 5.32 Å². The summed E-state index contributed by atoms with van der Waals surface area (Å²) < 4.78 is 11.3. The van der Waals surface area contributed by atoms with Crippen molar-refractivity contribution in [3.05, 3.63) is 29.8 Å². The number of rotatable bonds is 7. The first kappa shape index (κ1) is 17.2. The zero-order valence-corrected chi connectivity index (χ0v) is 14.6. The number of amides is 2. The molecular weight excluding hydrogens is 304 g/mol. The van der Waals surface area contributed by atoms with E-state index in [0.717, 1.165) is 37.1 Å². The van der Waals surface area contributed by atoms with E-state index in [2.05, 4.69) is 10.6 Å². The van der Waals surface area contributed by atoms with Crippen molar-refractivity contribution < 1.29 is 14.3 Å². The first-order chi connectivity index (χ1) is 11.7. The van der Waals surface area contributed by atoms with E-state index >= 15 is 0 Å². The van der Waals surface area contributed by atoms with E-state index in [9.17, 15) is 4.79 Å². The van der Waals surface area contributed by atoms with Gasteiger partial charge in [-0.1, -0.05) is 24.6 Å². The van der Waals surface area contributed by atoms with Crippen LogP contribution in [0.2, 0.25) is 0 Å². The summed E-state index contributed by atoms with van der Waals surface area (Å²) in [5, 5.41) is 6.14. The lowest BCUT2D eigenvalue weighted by molar-refractivity contribution is -0.169. The minimum absolute atomic E-state index is 0.134. The van der Waals surface area contributed by atoms with Crippen molar-refractivity contribution in [1.29, 1.82) is 0 Å². The van der Waals surface area contributed by atoms with Gasteiger partial charge >= 0.3 is 6.03 Å². The van der Waals surface area contributed by atoms with Gasteiger partial charge in [0.1, 0.15) is 0 Å². The number of para-hydroxylation sites is 1. The van der Waals surface area contributed by atoms with Crippen molar-refractivity contribution in [2.45, 2.75) is 58.3 Å². The third kappa shape index (κ3) is 3.28. The van der Waals surface area contributed by atoms with Crippen LogP contribution in [0.4, 0.5) is 10.5 Å². The Balaban J connectivity index is 1.57. The van der Waals surface area contributed by atoms with Crippen LogP contribution in [-0.2, 0) is 16.1 Å². The minimum Gasteiger partial charge on any atom is -0.378 e. The molecule has 0 bridgehead atoms. The molecule has 0 unspecified atom stereocenters. The molecule has 3 rings (SSSR count). The Morgan fingerprint density at radius 3 is 2.71 bits per heavy atom. The average molecular weight is 332 g/mol. The molecule has 2 amide bonds. The summed E-state index contributed by atoms with van der Waals surface area (Å²) in [6.45, 7) is 5.91. The number of nitrogens with one attached hydrogen (secondary N) is 2. The van der Waals surface area contributed by atoms with Crippen LogP contribution in [0.15, 0.2) is 24.3 Å². The maximum Gasteiger partial charge on any atom is 0.319 e. The summed E-state index contributed by atoms with van der Waals surface area (Å²) in [6.07, 6.45) is 4.78. The summed E-state index contributed by atoms with van der Waals surface area (Å²) in [5.41, 5.74) is 1.98. The van der Waals surface area contributed by atoms with Crippen molar-refractivity contribution in [2.24, 2.45) is 5.41 Å². The summed E-state index contributed by atoms with van der Waals surface area (Å²) in [4.78, 5) is 12.4. The maximum absolute atomic E-state index is 12.4. The molecule has 5 heteroatoms. The van der Waals surface area contributed by atoms with E-state index in [-0.39, 0.29) is 17.5 Å². The lowest BCUT2D eigenvalue weighted by atomic mass is 9.51. The highest BCUT2D eigenvalue weighted by Gasteiger charge is 2.59. The summed E-state index contributed by atoms with van der Waals surface area (Å²) in [7, 11) is 0. The largest absolute Gasteiger partial charge is 0.378 e. The van der Waals surface area contributed by atoms with Crippen molar-refractivity contribution in [3.63, 3.8) is 0 Å². The number of urea groups is 1. The molecule has 2 N–H and O–H groups in total. The Kier molecular flexibility index (Phi) is 5.41. The third-order valence-corrected chi connectivity index (χ3v) is 5.47. The Morgan fingerprint density at radius 1 is 1.25 bits per heavy atom. The van der Waals surface area contributed by atoms with Gasteiger partial charge in [-0.05, 0) is 39.2 Å². The van der Waals surface area contributed by atoms with E-state index < -0.39 is 0 Å². The van der Waals surface area contributed by atoms with Crippen LogP contribution in [0.1, 0.15) is 45.1 Å². The fraction of sp³-hybridized carbons (Fsp3) is 0.632. The monoisotopic (exact) mass is 332 g/mol. The first-order valence-electron chi connectivity index (χ1n) is 9.04. The molecule has 1 aromatic carbocycles. The molecule has 0 saturated heterocycles. The van der Waals surface area contributed by atoms with Gasteiger partial charge in [-0.3, -0.25) is 0 Å². The Hall–Kier alpha value is -1.59. The predicted octanol–water partition coefficient (Wildman–Crippen LogP) is 3.69. The van der Waals surface area contributed by atoms with E-state index in [4.69, 9.17) is 9.47 Å². The highest BCUT2D eigenvalue weighted by molar-refractivity contribution is 5.90. The topological polar surface area (TPSA) is 59.6 Å². The molecule has 132 valence electrons. The molecule has 0 radical (unpaired) electrons. The molecule has 2 fully saturated rings. The summed E-state index contributed by atoms with van der Waals surface area (Å²) in [6, 6.07) is 7.86. The molecule has 5 nitrogen and oxygen atoms in total. The quantitative estimate of drug-likeness (QED) is 0.800. The van der Waals surface area contributed by atoms with Gasteiger partial charge < -0.3 is 20.1 Å². The van der Waals surface area contributed by atoms with Gasteiger partial charge in [0.05, 0.1) is 12.7 Å². The number of benzene rings is 1. The van der Waals surface area contributed by atoms with Crippen LogP contribution in [-0.4, -0.2) is 31.4 Å². The van der Waals surface area contributed by atoms with Crippen LogP contribution < -0.4 is 10.6 Å². The van der Waals surface area contributed by atoms with Crippen molar-refractivity contribution in [2.75, 3.05) is 18.5 Å². The Labute approximate surface area is 144 Å². The molecule has 2 aliphatic rings. The minimum atomic E-state index is -0.134. The average Bonchev–Trinajstić information content (AvgIpc) is 2.51. The number of ether oxygens (including phenoxy) is 2. The lowest BCUT2D eigenvalue weighted by Gasteiger charge is -2.60. The van der Waals surface area contributed by atoms with Crippen molar-refractivity contribution in [3.8, 4) is 0 Å². The first-order valence-corrected chi connectivity index (χ1v) is 9.04. The molecule has 1 spiro atoms. The second-order valence-corrected chi connectivity index (χ2v) is 6.71. The van der Waals surface area contributed by atoms with Crippen LogP contribution in [0.25, 0.3) is 0 Å². The Morgan fingerprint density at radius 2 is 2.04 bits per heavy atom. The van der Waals surface area contributed by atoms with Crippen LogP contribution in [0.5, 0.6) is 0 Å². The molecule has 2 saturated carbocycles. The normalized spacial score (nSPS) is 24.1. The zero-order chi connectivity index (χ0) is 17.0. The Bertz CT molecular complexity index is 571. The second kappa shape index (κ2) is 7.53. The van der Waals surface area contributed by atoms with Gasteiger partial charge in [0.25, 0.3) is 0 Å². The third-order valence-electron chi connectivity index (χ3n) is 5.47. The molecule has 24 heavy (non-hydrogen) atoms. The highest BCUT2D eigenvalue weighted by atomic mass is 16.5. The van der Waals surface area contributed by atoms with E-state index in [1.807, 2.05) is 38.1 Å². The lowest BCUT2D eigenvalue weighted by Crippen LogP contribution is -2.68. The molecule has 2 atom stereocenters. The fourth-order valence-electron chi connectivity index (χ4n) is 3.94. The van der Waals surface area contributed by atoms with Gasteiger partial charge in [0, 0.05) is 35.9 Å². The second-order valence-electron chi connectivity index (χ2n) is 6.71. The number of carbonyl (C=O) groups is 1. The van der Waals surface area contributed by atoms with Gasteiger partial charge in [0.15, 0.2) is 0 Å². The smallest absolute Gasteiger partial charge is 0.319 e. The molecule has 0 aromatic heterocycles. The molecule has 2 aliphatic carbocycles. The SMILES string of the molecule is CCOCc1ccccc1NC(=O)N[C@@H]1C[C@@H](OCC)C12CCC2. The number of hydrogen-bond acceptors (Lipinski definition) is 3. The predicted molar refractivity (Wildman–Crippen MR) is 94.0 cm³/mol. The number of carbonyl (C=O) groups excluding carboxylic acids is 1. The molecule has 1 aromatic rings. The molecule has 0 heterocycles. The number of anilines is 1. The summed E-state index contributed by atoms with van der Waals surface area (Å²) >= 11 is 0. The van der Waals surface area contributed by atoms with Gasteiger partial charge in [-0.25, -0.2) is 4.79 Å². The van der Waals surface area contributed by atoms with Crippen LogP contribution >= 0.6 is 0 Å². The fourth-order valence-corrected chi connectivity index (χ4v) is 3.94. The van der Waals surface area contributed by atoms with Crippen molar-refractivity contribution >= 4 is 11.7 Å². The van der Waals surface area contributed by atoms with Gasteiger partial charge in [-0.15, -0.1) is 0 Å². The molecule has 0 aliphatic heterocycles. The highest BCUT2D eigenvalue weighted by Crippen LogP contribution is 2.57. The number of hydrogen-bond donors (Lipinski definition) is 2.